The van der Waals surface area contributed by atoms with E-state index >= 15 is 0 Å². The first-order valence-corrected chi connectivity index (χ1v) is 10.2. The van der Waals surface area contributed by atoms with Gasteiger partial charge in [0.05, 0.1) is 22.0 Å². The van der Waals surface area contributed by atoms with E-state index in [9.17, 15) is 18.0 Å². The number of alkyl halides is 3. The van der Waals surface area contributed by atoms with E-state index in [2.05, 4.69) is 20.8 Å². The number of nitrogens with one attached hydrogen (secondary N) is 3. The van der Waals surface area contributed by atoms with Gasteiger partial charge in [-0.2, -0.15) is 18.3 Å². The molecule has 1 heterocycles. The quantitative estimate of drug-likeness (QED) is 0.291. The van der Waals surface area contributed by atoms with Gasteiger partial charge >= 0.3 is 12.2 Å². The third kappa shape index (κ3) is 5.35. The molecule has 5 nitrogen and oxygen atoms in total. The first kappa shape index (κ1) is 22.4. The summed E-state index contributed by atoms with van der Waals surface area (Å²) in [5.41, 5.74) is 3.84. The molecular weight excluding hydrogens is 453 g/mol. The Hall–Kier alpha value is -3.78. The van der Waals surface area contributed by atoms with Crippen LogP contribution < -0.4 is 10.6 Å². The zero-order chi connectivity index (χ0) is 23.6. The largest absolute Gasteiger partial charge is 0.417 e. The van der Waals surface area contributed by atoms with Crippen molar-refractivity contribution >= 4 is 29.0 Å². The van der Waals surface area contributed by atoms with Crippen LogP contribution in [0, 0.1) is 6.92 Å². The first-order chi connectivity index (χ1) is 15.7. The molecule has 4 aromatic rings. The predicted molar refractivity (Wildman–Crippen MR) is 123 cm³/mol. The topological polar surface area (TPSA) is 69.8 Å². The van der Waals surface area contributed by atoms with Crippen LogP contribution in [-0.2, 0) is 6.18 Å². The van der Waals surface area contributed by atoms with Gasteiger partial charge in [0.1, 0.15) is 0 Å². The summed E-state index contributed by atoms with van der Waals surface area (Å²) < 4.78 is 39.1. The Balaban J connectivity index is 1.48. The minimum absolute atomic E-state index is 0.0320. The Morgan fingerprint density at radius 1 is 0.909 bits per heavy atom. The van der Waals surface area contributed by atoms with Gasteiger partial charge < -0.3 is 10.6 Å². The average Bonchev–Trinajstić information content (AvgIpc) is 3.25. The Morgan fingerprint density at radius 2 is 1.61 bits per heavy atom. The Morgan fingerprint density at radius 3 is 2.30 bits per heavy atom. The molecule has 2 amide bonds. The van der Waals surface area contributed by atoms with Crippen LogP contribution in [0.2, 0.25) is 5.02 Å². The maximum atomic E-state index is 13.0. The van der Waals surface area contributed by atoms with Crippen molar-refractivity contribution < 1.29 is 18.0 Å². The van der Waals surface area contributed by atoms with Crippen molar-refractivity contribution in [2.24, 2.45) is 0 Å². The van der Waals surface area contributed by atoms with E-state index in [1.165, 1.54) is 6.07 Å². The van der Waals surface area contributed by atoms with Crippen LogP contribution in [0.3, 0.4) is 0 Å². The zero-order valence-electron chi connectivity index (χ0n) is 17.3. The molecule has 0 aliphatic carbocycles. The van der Waals surface area contributed by atoms with Gasteiger partial charge in [0.2, 0.25) is 0 Å². The highest BCUT2D eigenvalue weighted by Gasteiger charge is 2.33. The van der Waals surface area contributed by atoms with Crippen LogP contribution >= 0.6 is 11.6 Å². The number of rotatable bonds is 4. The zero-order valence-corrected chi connectivity index (χ0v) is 18.1. The lowest BCUT2D eigenvalue weighted by Gasteiger charge is -2.12. The Kier molecular flexibility index (Phi) is 6.11. The van der Waals surface area contributed by atoms with Crippen LogP contribution in [-0.4, -0.2) is 16.2 Å². The van der Waals surface area contributed by atoms with Gasteiger partial charge in [-0.05, 0) is 48.9 Å². The molecule has 168 valence electrons. The Bertz CT molecular complexity index is 1300. The summed E-state index contributed by atoms with van der Waals surface area (Å²) in [6.07, 6.45) is -4.62. The number of H-pyrrole nitrogens is 1. The van der Waals surface area contributed by atoms with Gasteiger partial charge in [0.25, 0.3) is 0 Å². The minimum atomic E-state index is -4.62. The molecule has 4 rings (SSSR count). The molecule has 0 aliphatic rings. The summed E-state index contributed by atoms with van der Waals surface area (Å²) in [5, 5.41) is 11.9. The smallest absolute Gasteiger partial charge is 0.308 e. The standard InChI is InChI=1S/C24H18ClF3N4O/c1-14-5-7-15(8-6-14)21-13-22(32-31-21)16-3-2-4-17(11-16)29-23(33)30-18-9-10-20(25)19(12-18)24(26,27)28/h2-13H,1H3,(H,31,32)(H2,29,30,33). The number of hydrogen-bond acceptors (Lipinski definition) is 2. The lowest BCUT2D eigenvalue weighted by atomic mass is 10.1. The van der Waals surface area contributed by atoms with E-state index < -0.39 is 22.8 Å². The summed E-state index contributed by atoms with van der Waals surface area (Å²) >= 11 is 5.61. The van der Waals surface area contributed by atoms with Gasteiger partial charge in [0.15, 0.2) is 0 Å². The molecule has 0 radical (unpaired) electrons. The van der Waals surface area contributed by atoms with E-state index in [-0.39, 0.29) is 5.69 Å². The number of carbonyl (C=O) groups excluding carboxylic acids is 1. The lowest BCUT2D eigenvalue weighted by Crippen LogP contribution is -2.20. The monoisotopic (exact) mass is 470 g/mol. The molecule has 0 saturated heterocycles. The van der Waals surface area contributed by atoms with Crippen molar-refractivity contribution in [1.29, 1.82) is 0 Å². The van der Waals surface area contributed by atoms with Crippen LogP contribution in [0.4, 0.5) is 29.3 Å². The number of aromatic amines is 1. The van der Waals surface area contributed by atoms with Crippen LogP contribution in [0.5, 0.6) is 0 Å². The molecule has 1 aromatic heterocycles. The molecule has 0 aliphatic heterocycles. The lowest BCUT2D eigenvalue weighted by molar-refractivity contribution is -0.137. The highest BCUT2D eigenvalue weighted by Crippen LogP contribution is 2.36. The molecule has 0 bridgehead atoms. The van der Waals surface area contributed by atoms with Crippen molar-refractivity contribution in [2.45, 2.75) is 13.1 Å². The number of amides is 2. The molecule has 0 atom stereocenters. The minimum Gasteiger partial charge on any atom is -0.308 e. The summed E-state index contributed by atoms with van der Waals surface area (Å²) in [6.45, 7) is 2.01. The molecule has 3 N–H and O–H groups in total. The number of carbonyl (C=O) groups is 1. The molecule has 33 heavy (non-hydrogen) atoms. The summed E-state index contributed by atoms with van der Waals surface area (Å²) in [5.74, 6) is 0. The van der Waals surface area contributed by atoms with Gasteiger partial charge in [-0.1, -0.05) is 53.6 Å². The van der Waals surface area contributed by atoms with Crippen molar-refractivity contribution in [1.82, 2.24) is 10.2 Å². The second kappa shape index (κ2) is 8.99. The highest BCUT2D eigenvalue weighted by atomic mass is 35.5. The molecule has 0 saturated carbocycles. The number of aromatic nitrogens is 2. The van der Waals surface area contributed by atoms with E-state index in [0.29, 0.717) is 11.4 Å². The number of nitrogens with zero attached hydrogens (tertiary/aromatic N) is 1. The van der Waals surface area contributed by atoms with Crippen molar-refractivity contribution in [3.63, 3.8) is 0 Å². The van der Waals surface area contributed by atoms with Gasteiger partial charge in [-0.25, -0.2) is 4.79 Å². The second-order valence-corrected chi connectivity index (χ2v) is 7.79. The van der Waals surface area contributed by atoms with E-state index in [0.717, 1.165) is 34.5 Å². The number of halogens is 4. The number of benzene rings is 3. The van der Waals surface area contributed by atoms with Gasteiger partial charge in [-0.3, -0.25) is 5.10 Å². The summed E-state index contributed by atoms with van der Waals surface area (Å²) in [6, 6.07) is 19.4. The Labute approximate surface area is 192 Å². The number of aryl methyl sites for hydroxylation is 1. The fourth-order valence-corrected chi connectivity index (χ4v) is 3.45. The van der Waals surface area contributed by atoms with Crippen molar-refractivity contribution in [3.8, 4) is 22.5 Å². The SMILES string of the molecule is Cc1ccc(-c2cc(-c3cccc(NC(=O)Nc4ccc(Cl)c(C(F)(F)F)c4)c3)n[nH]2)cc1. The molecular formula is C24H18ClF3N4O. The van der Waals surface area contributed by atoms with Crippen molar-refractivity contribution in [2.75, 3.05) is 10.6 Å². The number of hydrogen-bond donors (Lipinski definition) is 3. The van der Waals surface area contributed by atoms with Gasteiger partial charge in [0, 0.05) is 16.9 Å². The van der Waals surface area contributed by atoms with Crippen LogP contribution in [0.1, 0.15) is 11.1 Å². The summed E-state index contributed by atoms with van der Waals surface area (Å²) in [7, 11) is 0. The maximum Gasteiger partial charge on any atom is 0.417 e. The second-order valence-electron chi connectivity index (χ2n) is 7.39. The van der Waals surface area contributed by atoms with Crippen LogP contribution in [0.25, 0.3) is 22.5 Å². The van der Waals surface area contributed by atoms with E-state index in [4.69, 9.17) is 11.6 Å². The molecule has 0 unspecified atom stereocenters. The maximum absolute atomic E-state index is 13.0. The first-order valence-electron chi connectivity index (χ1n) is 9.87. The number of urea groups is 1. The predicted octanol–water partition coefficient (Wildman–Crippen LogP) is 7.37. The fourth-order valence-electron chi connectivity index (χ4n) is 3.22. The molecule has 0 spiro atoms. The van der Waals surface area contributed by atoms with Crippen molar-refractivity contribution in [3.05, 3.63) is 88.9 Å². The third-order valence-corrected chi connectivity index (χ3v) is 5.22. The van der Waals surface area contributed by atoms with Gasteiger partial charge in [-0.15, -0.1) is 0 Å². The molecule has 0 fully saturated rings. The molecule has 9 heteroatoms. The summed E-state index contributed by atoms with van der Waals surface area (Å²) in [4.78, 5) is 12.3. The third-order valence-electron chi connectivity index (χ3n) is 4.89. The van der Waals surface area contributed by atoms with E-state index in [1.54, 1.807) is 18.2 Å². The highest BCUT2D eigenvalue weighted by molar-refractivity contribution is 6.31. The average molecular weight is 471 g/mol. The fraction of sp³-hybridized carbons (Fsp3) is 0.0833. The number of anilines is 2. The molecule has 3 aromatic carbocycles. The van der Waals surface area contributed by atoms with Crippen LogP contribution in [0.15, 0.2) is 72.8 Å². The normalized spacial score (nSPS) is 11.3. The van der Waals surface area contributed by atoms with E-state index in [1.807, 2.05) is 43.3 Å².